The van der Waals surface area contributed by atoms with Crippen LogP contribution in [0.25, 0.3) is 0 Å². The largest absolute Gasteiger partial charge is 0.397 e. The smallest absolute Gasteiger partial charge is 0.243 e. The Hall–Kier alpha value is -0.830. The first-order valence-electron chi connectivity index (χ1n) is 2.67. The van der Waals surface area contributed by atoms with E-state index in [0.717, 1.165) is 0 Å². The highest BCUT2D eigenvalue weighted by molar-refractivity contribution is 5.86. The molecule has 0 aliphatic carbocycles. The average Bonchev–Trinajstić information content (AvgIpc) is 1.88. The molecule has 0 saturated heterocycles. The normalized spacial score (nSPS) is 6.56. The molecule has 0 atom stereocenters. The summed E-state index contributed by atoms with van der Waals surface area (Å²) in [5, 5.41) is 9.93. The van der Waals surface area contributed by atoms with E-state index < -0.39 is 0 Å². The molecule has 0 aliphatic rings. The zero-order chi connectivity index (χ0) is 7.70. The van der Waals surface area contributed by atoms with Gasteiger partial charge in [0.15, 0.2) is 0 Å². The second kappa shape index (κ2) is 10.2. The Kier molecular flexibility index (Phi) is 12.5. The number of hydrogen-bond donors (Lipinski definition) is 2. The van der Waals surface area contributed by atoms with Crippen LogP contribution in [0.2, 0.25) is 0 Å². The molecule has 3 nitrogen and oxygen atoms in total. The van der Waals surface area contributed by atoms with E-state index in [2.05, 4.69) is 11.9 Å². The number of likely N-dealkylation sites (N-methyl/N-ethyl adjacent to an activating group) is 1. The fourth-order valence-electron chi connectivity index (χ4n) is 0.102. The number of hydrogen-bond acceptors (Lipinski definition) is 2. The number of aliphatic hydroxyl groups excluding tert-OH is 1. The van der Waals surface area contributed by atoms with Crippen molar-refractivity contribution in [3.05, 3.63) is 12.7 Å². The summed E-state index contributed by atoms with van der Waals surface area (Å²) in [5.74, 6) is -0.144. The van der Waals surface area contributed by atoms with Crippen molar-refractivity contribution < 1.29 is 9.90 Å². The zero-order valence-electron chi connectivity index (χ0n) is 5.85. The molecule has 0 spiro atoms. The molecule has 1 amide bonds. The third-order valence-corrected chi connectivity index (χ3v) is 0.432. The molecule has 0 saturated carbocycles. The summed E-state index contributed by atoms with van der Waals surface area (Å²) in [7, 11) is 1.56. The maximum Gasteiger partial charge on any atom is 0.243 e. The van der Waals surface area contributed by atoms with Crippen molar-refractivity contribution in [2.24, 2.45) is 0 Å². The van der Waals surface area contributed by atoms with Gasteiger partial charge in [-0.15, -0.1) is 0 Å². The van der Waals surface area contributed by atoms with Crippen LogP contribution in [0.15, 0.2) is 12.7 Å². The summed E-state index contributed by atoms with van der Waals surface area (Å²) in [6.45, 7) is 5.15. The highest BCUT2D eigenvalue weighted by atomic mass is 16.2. The summed E-state index contributed by atoms with van der Waals surface area (Å²) in [5.41, 5.74) is 0. The molecule has 0 radical (unpaired) electrons. The molecule has 54 valence electrons. The van der Waals surface area contributed by atoms with Crippen LogP contribution in [0.1, 0.15) is 6.92 Å². The van der Waals surface area contributed by atoms with Crippen molar-refractivity contribution >= 4 is 5.91 Å². The highest BCUT2D eigenvalue weighted by Gasteiger charge is 1.78. The molecule has 0 bridgehead atoms. The molecule has 0 aromatic carbocycles. The van der Waals surface area contributed by atoms with Gasteiger partial charge in [-0.25, -0.2) is 0 Å². The maximum absolute atomic E-state index is 9.95. The van der Waals surface area contributed by atoms with Crippen LogP contribution >= 0.6 is 0 Å². The van der Waals surface area contributed by atoms with Gasteiger partial charge in [0, 0.05) is 13.7 Å². The fraction of sp³-hybridized carbons (Fsp3) is 0.500. The van der Waals surface area contributed by atoms with Gasteiger partial charge in [0.1, 0.15) is 0 Å². The van der Waals surface area contributed by atoms with Crippen LogP contribution in [0.4, 0.5) is 0 Å². The summed E-state index contributed by atoms with van der Waals surface area (Å²) in [6, 6.07) is 0. The Bertz CT molecular complexity index is 81.1. The van der Waals surface area contributed by atoms with E-state index in [4.69, 9.17) is 5.11 Å². The first kappa shape index (κ1) is 11.0. The number of carbonyl (C=O) groups excluding carboxylic acids is 1. The Morgan fingerprint density at radius 3 is 2.22 bits per heavy atom. The van der Waals surface area contributed by atoms with Crippen LogP contribution in [-0.4, -0.2) is 24.7 Å². The molecule has 0 heterocycles. The molecule has 0 fully saturated rings. The van der Waals surface area contributed by atoms with E-state index in [-0.39, 0.29) is 12.5 Å². The Morgan fingerprint density at radius 1 is 1.89 bits per heavy atom. The standard InChI is InChI=1S/C4H7NO.C2H6O/c1-3-4(6)5-2;1-2-3/h3H,1H2,2H3,(H,5,6);3H,2H2,1H3. The lowest BCUT2D eigenvalue weighted by atomic mass is 10.6. The van der Waals surface area contributed by atoms with Crippen LogP contribution in [0, 0.1) is 0 Å². The molecule has 0 unspecified atom stereocenters. The lowest BCUT2D eigenvalue weighted by Crippen LogP contribution is -2.13. The van der Waals surface area contributed by atoms with E-state index in [0.29, 0.717) is 0 Å². The Morgan fingerprint density at radius 2 is 2.22 bits per heavy atom. The fourth-order valence-corrected chi connectivity index (χ4v) is 0.102. The molecule has 0 rings (SSSR count). The van der Waals surface area contributed by atoms with Gasteiger partial charge in [-0.2, -0.15) is 0 Å². The summed E-state index contributed by atoms with van der Waals surface area (Å²) in [4.78, 5) is 9.95. The third kappa shape index (κ3) is 19.1. The second-order valence-electron chi connectivity index (χ2n) is 1.13. The van der Waals surface area contributed by atoms with Gasteiger partial charge in [0.05, 0.1) is 0 Å². The maximum atomic E-state index is 9.95. The Balaban J connectivity index is 0. The van der Waals surface area contributed by atoms with Crippen molar-refractivity contribution in [3.8, 4) is 0 Å². The van der Waals surface area contributed by atoms with E-state index >= 15 is 0 Å². The minimum atomic E-state index is -0.144. The van der Waals surface area contributed by atoms with Gasteiger partial charge in [-0.3, -0.25) is 4.79 Å². The van der Waals surface area contributed by atoms with Crippen LogP contribution in [-0.2, 0) is 4.79 Å². The van der Waals surface area contributed by atoms with Crippen molar-refractivity contribution in [1.82, 2.24) is 5.32 Å². The molecule has 3 heteroatoms. The first-order chi connectivity index (χ1) is 4.22. The number of carbonyl (C=O) groups is 1. The van der Waals surface area contributed by atoms with Crippen LogP contribution < -0.4 is 5.32 Å². The van der Waals surface area contributed by atoms with E-state index in [1.54, 1.807) is 14.0 Å². The first-order valence-corrected chi connectivity index (χ1v) is 2.67. The Labute approximate surface area is 55.4 Å². The predicted molar refractivity (Wildman–Crippen MR) is 37.0 cm³/mol. The zero-order valence-corrected chi connectivity index (χ0v) is 5.85. The van der Waals surface area contributed by atoms with Gasteiger partial charge >= 0.3 is 0 Å². The van der Waals surface area contributed by atoms with Gasteiger partial charge in [0.2, 0.25) is 5.91 Å². The molecule has 0 aliphatic heterocycles. The number of amides is 1. The minimum absolute atomic E-state index is 0.144. The summed E-state index contributed by atoms with van der Waals surface area (Å²) >= 11 is 0. The topological polar surface area (TPSA) is 49.3 Å². The molecular formula is C6H13NO2. The van der Waals surface area contributed by atoms with Crippen molar-refractivity contribution in [3.63, 3.8) is 0 Å². The molecule has 0 aromatic heterocycles. The lowest BCUT2D eigenvalue weighted by molar-refractivity contribution is -0.116. The quantitative estimate of drug-likeness (QED) is 0.489. The summed E-state index contributed by atoms with van der Waals surface area (Å²) < 4.78 is 0. The molecular weight excluding hydrogens is 118 g/mol. The summed E-state index contributed by atoms with van der Waals surface area (Å²) in [6.07, 6.45) is 1.22. The molecule has 9 heavy (non-hydrogen) atoms. The van der Waals surface area contributed by atoms with E-state index in [1.807, 2.05) is 0 Å². The number of rotatable bonds is 1. The number of aliphatic hydroxyl groups is 1. The van der Waals surface area contributed by atoms with E-state index in [9.17, 15) is 4.79 Å². The highest BCUT2D eigenvalue weighted by Crippen LogP contribution is 1.56. The van der Waals surface area contributed by atoms with Gasteiger partial charge in [0.25, 0.3) is 0 Å². The molecule has 0 aromatic rings. The average molecular weight is 131 g/mol. The van der Waals surface area contributed by atoms with E-state index in [1.165, 1.54) is 6.08 Å². The number of nitrogens with one attached hydrogen (secondary N) is 1. The van der Waals surface area contributed by atoms with Gasteiger partial charge in [-0.05, 0) is 13.0 Å². The van der Waals surface area contributed by atoms with Crippen molar-refractivity contribution in [1.29, 1.82) is 0 Å². The monoisotopic (exact) mass is 131 g/mol. The lowest BCUT2D eigenvalue weighted by Gasteiger charge is -1.82. The van der Waals surface area contributed by atoms with Crippen molar-refractivity contribution in [2.45, 2.75) is 6.92 Å². The van der Waals surface area contributed by atoms with Gasteiger partial charge in [-0.1, -0.05) is 6.58 Å². The molecule has 2 N–H and O–H groups in total. The third-order valence-electron chi connectivity index (χ3n) is 0.432. The minimum Gasteiger partial charge on any atom is -0.397 e. The van der Waals surface area contributed by atoms with Crippen LogP contribution in [0.5, 0.6) is 0 Å². The van der Waals surface area contributed by atoms with Crippen molar-refractivity contribution in [2.75, 3.05) is 13.7 Å². The van der Waals surface area contributed by atoms with Gasteiger partial charge < -0.3 is 10.4 Å². The second-order valence-corrected chi connectivity index (χ2v) is 1.13. The SMILES string of the molecule is C=CC(=O)NC.CCO. The van der Waals surface area contributed by atoms with Crippen LogP contribution in [0.3, 0.4) is 0 Å². The predicted octanol–water partition coefficient (Wildman–Crippen LogP) is -0.0830.